The first kappa shape index (κ1) is 73.2. The van der Waals surface area contributed by atoms with E-state index in [1.165, 1.54) is 11.8 Å². The molecule has 0 saturated heterocycles. The Hall–Kier alpha value is -9.49. The first-order valence-electron chi connectivity index (χ1n) is 30.9. The van der Waals surface area contributed by atoms with Crippen LogP contribution in [0.2, 0.25) is 0 Å². The lowest BCUT2D eigenvalue weighted by Crippen LogP contribution is -2.61. The Kier molecular flexibility index (Phi) is 26.3. The van der Waals surface area contributed by atoms with Crippen LogP contribution in [0, 0.1) is 29.1 Å². The Labute approximate surface area is 540 Å². The molecule has 0 spiro atoms. The van der Waals surface area contributed by atoms with Crippen LogP contribution in [0.4, 0.5) is 15.3 Å². The third-order valence-electron chi connectivity index (χ3n) is 16.2. The van der Waals surface area contributed by atoms with Gasteiger partial charge in [0, 0.05) is 84.9 Å². The summed E-state index contributed by atoms with van der Waals surface area (Å²) < 4.78 is 7.46. The molecule has 9 amide bonds. The number of allylic oxidation sites excluding steroid dienone is 2. The average molecular weight is 1260 g/mol. The summed E-state index contributed by atoms with van der Waals surface area (Å²) in [5.41, 5.74) is 9.88. The van der Waals surface area contributed by atoms with Crippen LogP contribution in [0.3, 0.4) is 0 Å². The van der Waals surface area contributed by atoms with Gasteiger partial charge < -0.3 is 67.2 Å². The molecule has 0 unspecified atom stereocenters. The molecule has 494 valence electrons. The fourth-order valence-electron chi connectivity index (χ4n) is 10.8. The maximum Gasteiger partial charge on any atom is 0.407 e. The number of ether oxygens (including phenoxy) is 1. The highest BCUT2D eigenvalue weighted by Crippen LogP contribution is 2.36. The van der Waals surface area contributed by atoms with Crippen molar-refractivity contribution in [3.63, 3.8) is 0 Å². The van der Waals surface area contributed by atoms with E-state index >= 15 is 0 Å². The van der Waals surface area contributed by atoms with Gasteiger partial charge in [-0.25, -0.2) is 14.4 Å². The number of carboxylic acid groups (broad SMARTS) is 1. The quantitative estimate of drug-likeness (QED) is 0.0112. The largest absolute Gasteiger partial charge is 0.478 e. The Balaban J connectivity index is 1.19. The molecule has 5 atom stereocenters. The van der Waals surface area contributed by atoms with Crippen molar-refractivity contribution in [3.8, 4) is 11.8 Å². The minimum absolute atomic E-state index is 0.0695. The van der Waals surface area contributed by atoms with Gasteiger partial charge in [0.1, 0.15) is 24.7 Å². The zero-order valence-electron chi connectivity index (χ0n) is 55.6. The number of hydrogen-bond donors (Lipinski definition) is 9. The molecule has 1 aliphatic heterocycles. The molecule has 92 heavy (non-hydrogen) atoms. The SMILES string of the molecule is C=C(/C=C\C(=C/C)NC(=O)[C@H](CCCNC(N)=O)NC(=O)[C@@H](NC(=O)CCC(=O)N1Cc2ccccc2C#Cc2ccccc21)C(C)C)COC(=O)NCc1ccc2c(c1)c(C(C)(C)[C@@H](NC)C(=O)N[C@H](C(=O)N(C)[C@H](/C=C(\C)C(=O)O)C(C)C)C(C)(C)C)cn2C. The molecule has 0 saturated carbocycles. The molecule has 3 aromatic carbocycles. The number of urea groups is 1. The predicted octanol–water partition coefficient (Wildman–Crippen LogP) is 7.25. The van der Waals surface area contributed by atoms with E-state index in [0.29, 0.717) is 22.5 Å². The van der Waals surface area contributed by atoms with Crippen molar-refractivity contribution in [1.82, 2.24) is 46.7 Å². The number of carbonyl (C=O) groups excluding carboxylic acids is 8. The van der Waals surface area contributed by atoms with Gasteiger partial charge in [0.2, 0.25) is 35.4 Å². The highest BCUT2D eigenvalue weighted by atomic mass is 16.5. The first-order valence-corrected chi connectivity index (χ1v) is 30.9. The fourth-order valence-corrected chi connectivity index (χ4v) is 10.8. The molecule has 1 aliphatic rings. The maximum absolute atomic E-state index is 14.5. The maximum atomic E-state index is 14.5. The Morgan fingerprint density at radius 1 is 0.826 bits per heavy atom. The molecule has 5 rings (SSSR count). The monoisotopic (exact) mass is 1260 g/mol. The number of para-hydroxylation sites is 1. The number of aliphatic carboxylic acids is 1. The molecule has 22 heteroatoms. The summed E-state index contributed by atoms with van der Waals surface area (Å²) in [6, 6.07) is 15.3. The number of fused-ring (bicyclic) bond motifs is 3. The summed E-state index contributed by atoms with van der Waals surface area (Å²) in [5.74, 6) is 1.86. The van der Waals surface area contributed by atoms with E-state index in [4.69, 9.17) is 10.5 Å². The van der Waals surface area contributed by atoms with Crippen LogP contribution in [-0.4, -0.2) is 126 Å². The van der Waals surface area contributed by atoms with Crippen molar-refractivity contribution < 1.29 is 53.0 Å². The van der Waals surface area contributed by atoms with Crippen LogP contribution in [-0.2, 0) is 63.9 Å². The Morgan fingerprint density at radius 3 is 2.12 bits per heavy atom. The number of nitrogens with zero attached hydrogens (tertiary/aromatic N) is 3. The van der Waals surface area contributed by atoms with Crippen LogP contribution >= 0.6 is 0 Å². The number of aryl methyl sites for hydroxylation is 1. The van der Waals surface area contributed by atoms with Gasteiger partial charge >= 0.3 is 18.1 Å². The molecule has 1 aromatic heterocycles. The average Bonchev–Trinajstić information content (AvgIpc) is 1.56. The highest BCUT2D eigenvalue weighted by Gasteiger charge is 2.43. The zero-order valence-corrected chi connectivity index (χ0v) is 55.6. The number of nitrogens with two attached hydrogens (primary N) is 1. The van der Waals surface area contributed by atoms with E-state index in [-0.39, 0.29) is 75.2 Å². The van der Waals surface area contributed by atoms with Crippen molar-refractivity contribution in [3.05, 3.63) is 148 Å². The van der Waals surface area contributed by atoms with Crippen LogP contribution in [0.5, 0.6) is 0 Å². The van der Waals surface area contributed by atoms with Crippen molar-refractivity contribution in [2.45, 2.75) is 151 Å². The van der Waals surface area contributed by atoms with Crippen molar-refractivity contribution in [1.29, 1.82) is 0 Å². The van der Waals surface area contributed by atoms with Crippen molar-refractivity contribution in [2.24, 2.45) is 30.0 Å². The van der Waals surface area contributed by atoms with E-state index in [9.17, 15) is 48.3 Å². The first-order chi connectivity index (χ1) is 43.3. The molecule has 4 aromatic rings. The van der Waals surface area contributed by atoms with Gasteiger partial charge in [0.25, 0.3) is 0 Å². The van der Waals surface area contributed by atoms with E-state index in [1.54, 1.807) is 64.1 Å². The number of carbonyl (C=O) groups is 9. The summed E-state index contributed by atoms with van der Waals surface area (Å²) in [6.07, 6.45) is 7.45. The second-order valence-corrected chi connectivity index (χ2v) is 25.4. The third kappa shape index (κ3) is 20.0. The number of primary amides is 1. The zero-order chi connectivity index (χ0) is 68.4. The van der Waals surface area contributed by atoms with Crippen LogP contribution in [0.1, 0.15) is 130 Å². The third-order valence-corrected chi connectivity index (χ3v) is 16.2. The summed E-state index contributed by atoms with van der Waals surface area (Å²) >= 11 is 0. The molecule has 10 N–H and O–H groups in total. The van der Waals surface area contributed by atoms with Crippen LogP contribution < -0.4 is 47.9 Å². The summed E-state index contributed by atoms with van der Waals surface area (Å²) in [6.45, 7) is 24.1. The molecule has 2 heterocycles. The number of aromatic nitrogens is 1. The van der Waals surface area contributed by atoms with Crippen LogP contribution in [0.25, 0.3) is 10.9 Å². The number of amides is 9. The van der Waals surface area contributed by atoms with Gasteiger partial charge in [-0.2, -0.15) is 0 Å². The molecular formula is C70H93N11O11. The number of likely N-dealkylation sites (N-methyl/N-ethyl adjacent to an activating group) is 2. The van der Waals surface area contributed by atoms with Gasteiger partial charge in [-0.3, -0.25) is 28.8 Å². The predicted molar refractivity (Wildman–Crippen MR) is 356 cm³/mol. The highest BCUT2D eigenvalue weighted by molar-refractivity contribution is 5.98. The minimum atomic E-state index is -1.14. The molecule has 22 nitrogen and oxygen atoms in total. The summed E-state index contributed by atoms with van der Waals surface area (Å²) in [4.78, 5) is 124. The Bertz CT molecular complexity index is 3560. The van der Waals surface area contributed by atoms with E-state index in [2.05, 4.69) is 55.6 Å². The molecule has 0 aliphatic carbocycles. The second kappa shape index (κ2) is 33.0. The van der Waals surface area contributed by atoms with Gasteiger partial charge in [-0.1, -0.05) is 135 Å². The smallest absolute Gasteiger partial charge is 0.407 e. The number of nitrogens with one attached hydrogen (secondary N) is 7. The lowest BCUT2D eigenvalue weighted by Gasteiger charge is -2.39. The number of rotatable bonds is 29. The standard InChI is InChI=1S/C70H93N11O11/c1-16-50(75-62(84)53(25-21-35-73-67(71)90)76-63(85)59(43(4)5)77-57(82)33-34-58(83)81-39-49-24-18-17-22-47(49)29-30-48-23-19-20-26-54(48)81)31-27-44(6)41-92-68(91)74-38-46-28-32-55-51(37-46)52(40-79(55)14)70(11,12)60(72-13)64(86)78-61(69(8,9)10)65(87)80(15)56(42(2)3)36-45(7)66(88)89/h16-20,22-24,26-28,31-32,36-37,40,42-43,53,56,59-61,72H,6,21,25,33-35,38-39,41H2,1-5,7-15H3,(H,74,91)(H,75,84)(H,76,85)(H,77,82)(H,78,86)(H,88,89)(H3,71,73,90)/b31-27-,45-36+,50-16+/t53-,56+,59-,60-,61+/m0/s1. The van der Waals surface area contributed by atoms with Gasteiger partial charge in [-0.15, -0.1) is 0 Å². The molecule has 0 bridgehead atoms. The molecule has 0 radical (unpaired) electrons. The lowest BCUT2D eigenvalue weighted by molar-refractivity contribution is -0.141. The van der Waals surface area contributed by atoms with E-state index in [1.807, 2.05) is 133 Å². The second-order valence-electron chi connectivity index (χ2n) is 25.4. The van der Waals surface area contributed by atoms with Crippen molar-refractivity contribution in [2.75, 3.05) is 32.1 Å². The number of carboxylic acids is 1. The molecule has 0 fully saturated rings. The number of hydrogen-bond acceptors (Lipinski definition) is 11. The minimum Gasteiger partial charge on any atom is -0.478 e. The van der Waals surface area contributed by atoms with E-state index in [0.717, 1.165) is 33.2 Å². The lowest BCUT2D eigenvalue weighted by atomic mass is 9.76. The summed E-state index contributed by atoms with van der Waals surface area (Å²) in [5, 5.41) is 30.3. The fraction of sp³-hybridized carbons (Fsp3) is 0.443. The van der Waals surface area contributed by atoms with Gasteiger partial charge in [-0.05, 0) is 110 Å². The van der Waals surface area contributed by atoms with Crippen LogP contribution in [0.15, 0.2) is 121 Å². The number of benzene rings is 3. The van der Waals surface area contributed by atoms with E-state index < -0.39 is 88.7 Å². The van der Waals surface area contributed by atoms with Crippen molar-refractivity contribution >= 4 is 70.1 Å². The summed E-state index contributed by atoms with van der Waals surface area (Å²) in [7, 11) is 5.20. The van der Waals surface area contributed by atoms with Gasteiger partial charge in [0.15, 0.2) is 0 Å². The Morgan fingerprint density at radius 2 is 1.49 bits per heavy atom. The van der Waals surface area contributed by atoms with Gasteiger partial charge in [0.05, 0.1) is 24.3 Å². The topological polar surface area (TPSA) is 305 Å². The number of anilines is 1. The number of alkyl carbamates (subject to hydrolysis) is 1. The molecular weight excluding hydrogens is 1170 g/mol. The normalized spacial score (nSPS) is 14.2.